The van der Waals surface area contributed by atoms with E-state index in [1.807, 2.05) is 24.4 Å². The molecular formula is C17H18N4S2. The number of hydrazone groups is 1. The van der Waals surface area contributed by atoms with Crippen molar-refractivity contribution in [2.75, 3.05) is 23.4 Å². The van der Waals surface area contributed by atoms with Crippen LogP contribution in [0, 0.1) is 0 Å². The molecule has 1 saturated heterocycles. The molecule has 1 N–H and O–H groups in total. The second-order valence-electron chi connectivity index (χ2n) is 5.58. The molecule has 0 atom stereocenters. The molecular weight excluding hydrogens is 324 g/mol. The molecule has 1 aromatic carbocycles. The van der Waals surface area contributed by atoms with Crippen molar-refractivity contribution in [3.8, 4) is 0 Å². The maximum Gasteiger partial charge on any atom is 0.204 e. The first-order valence-electron chi connectivity index (χ1n) is 7.88. The van der Waals surface area contributed by atoms with Gasteiger partial charge in [-0.05, 0) is 43.5 Å². The van der Waals surface area contributed by atoms with Crippen LogP contribution >= 0.6 is 22.7 Å². The standard InChI is InChI=1S/C17H18N4S2/c1-4-10-21(11-5-1)16-9-8-13(22-16)12-18-20-17-19-14-6-2-3-7-15(14)23-17/h2-3,6-9,12H,1,4-5,10-11H2,(H,19,20)/b18-12-. The highest BCUT2D eigenvalue weighted by Crippen LogP contribution is 2.28. The summed E-state index contributed by atoms with van der Waals surface area (Å²) in [7, 11) is 0. The van der Waals surface area contributed by atoms with Crippen molar-refractivity contribution in [1.29, 1.82) is 0 Å². The molecule has 118 valence electrons. The fraction of sp³-hybridized carbons (Fsp3) is 0.294. The zero-order valence-corrected chi connectivity index (χ0v) is 14.4. The molecule has 0 bridgehead atoms. The maximum atomic E-state index is 4.51. The van der Waals surface area contributed by atoms with Gasteiger partial charge >= 0.3 is 0 Å². The average Bonchev–Trinajstić information content (AvgIpc) is 3.22. The van der Waals surface area contributed by atoms with Gasteiger partial charge in [-0.2, -0.15) is 5.10 Å². The summed E-state index contributed by atoms with van der Waals surface area (Å²) in [6, 6.07) is 12.5. The van der Waals surface area contributed by atoms with Gasteiger partial charge in [-0.3, -0.25) is 5.43 Å². The minimum Gasteiger partial charge on any atom is -0.363 e. The number of rotatable bonds is 4. The number of hydrogen-bond donors (Lipinski definition) is 1. The lowest BCUT2D eigenvalue weighted by Crippen LogP contribution is -2.28. The van der Waals surface area contributed by atoms with Crippen molar-refractivity contribution in [1.82, 2.24) is 4.98 Å². The summed E-state index contributed by atoms with van der Waals surface area (Å²) in [6.07, 6.45) is 5.85. The first-order chi connectivity index (χ1) is 11.4. The zero-order chi connectivity index (χ0) is 15.5. The molecule has 0 unspecified atom stereocenters. The van der Waals surface area contributed by atoms with Crippen LogP contribution in [0.3, 0.4) is 0 Å². The van der Waals surface area contributed by atoms with Gasteiger partial charge in [-0.1, -0.05) is 23.5 Å². The molecule has 3 heterocycles. The Hall–Kier alpha value is -1.92. The molecule has 3 aromatic rings. The molecule has 0 spiro atoms. The first-order valence-corrected chi connectivity index (χ1v) is 9.51. The monoisotopic (exact) mass is 342 g/mol. The van der Waals surface area contributed by atoms with Crippen LogP contribution in [0.2, 0.25) is 0 Å². The lowest BCUT2D eigenvalue weighted by atomic mass is 10.1. The van der Waals surface area contributed by atoms with E-state index < -0.39 is 0 Å². The number of hydrogen-bond acceptors (Lipinski definition) is 6. The second-order valence-corrected chi connectivity index (χ2v) is 7.70. The zero-order valence-electron chi connectivity index (χ0n) is 12.7. The Bertz CT molecular complexity index is 782. The molecule has 4 rings (SSSR count). The van der Waals surface area contributed by atoms with E-state index in [4.69, 9.17) is 0 Å². The largest absolute Gasteiger partial charge is 0.363 e. The Balaban J connectivity index is 1.41. The summed E-state index contributed by atoms with van der Waals surface area (Å²) in [6.45, 7) is 2.36. The average molecular weight is 342 g/mol. The summed E-state index contributed by atoms with van der Waals surface area (Å²) >= 11 is 3.42. The lowest BCUT2D eigenvalue weighted by Gasteiger charge is -2.27. The van der Waals surface area contributed by atoms with Gasteiger partial charge in [0.25, 0.3) is 0 Å². The van der Waals surface area contributed by atoms with Crippen LogP contribution in [-0.2, 0) is 0 Å². The predicted octanol–water partition coefficient (Wildman–Crippen LogP) is 4.79. The number of anilines is 2. The Morgan fingerprint density at radius 2 is 1.91 bits per heavy atom. The minimum absolute atomic E-state index is 0.829. The Labute approximate surface area is 143 Å². The number of piperidine rings is 1. The van der Waals surface area contributed by atoms with E-state index >= 15 is 0 Å². The first kappa shape index (κ1) is 14.7. The number of nitrogens with one attached hydrogen (secondary N) is 1. The molecule has 0 saturated carbocycles. The van der Waals surface area contributed by atoms with Gasteiger partial charge in [0.15, 0.2) is 0 Å². The molecule has 0 amide bonds. The number of nitrogens with zero attached hydrogens (tertiary/aromatic N) is 3. The van der Waals surface area contributed by atoms with Crippen molar-refractivity contribution in [2.24, 2.45) is 5.10 Å². The van der Waals surface area contributed by atoms with Gasteiger partial charge in [0, 0.05) is 18.0 Å². The Morgan fingerprint density at radius 1 is 1.04 bits per heavy atom. The Morgan fingerprint density at radius 3 is 2.78 bits per heavy atom. The van der Waals surface area contributed by atoms with Gasteiger partial charge < -0.3 is 4.90 Å². The minimum atomic E-state index is 0.829. The van der Waals surface area contributed by atoms with Gasteiger partial charge in [-0.15, -0.1) is 11.3 Å². The summed E-state index contributed by atoms with van der Waals surface area (Å²) in [5, 5.41) is 6.51. The number of thiazole rings is 1. The maximum absolute atomic E-state index is 4.51. The Kier molecular flexibility index (Phi) is 4.26. The van der Waals surface area contributed by atoms with Crippen molar-refractivity contribution in [3.05, 3.63) is 41.3 Å². The molecule has 1 fully saturated rings. The van der Waals surface area contributed by atoms with Crippen LogP contribution in [0.15, 0.2) is 41.5 Å². The van der Waals surface area contributed by atoms with E-state index in [2.05, 4.69) is 38.6 Å². The number of benzene rings is 1. The van der Waals surface area contributed by atoms with Crippen LogP contribution in [-0.4, -0.2) is 24.3 Å². The van der Waals surface area contributed by atoms with E-state index in [1.165, 1.54) is 46.9 Å². The van der Waals surface area contributed by atoms with Crippen LogP contribution in [0.4, 0.5) is 10.1 Å². The molecule has 0 radical (unpaired) electrons. The van der Waals surface area contributed by atoms with E-state index in [0.717, 1.165) is 10.6 Å². The topological polar surface area (TPSA) is 40.5 Å². The van der Waals surface area contributed by atoms with Crippen LogP contribution in [0.25, 0.3) is 10.2 Å². The number of aromatic nitrogens is 1. The van der Waals surface area contributed by atoms with Crippen LogP contribution in [0.5, 0.6) is 0 Å². The van der Waals surface area contributed by atoms with Crippen molar-refractivity contribution in [2.45, 2.75) is 19.3 Å². The summed E-state index contributed by atoms with van der Waals surface area (Å²) in [5.74, 6) is 0. The summed E-state index contributed by atoms with van der Waals surface area (Å²) < 4.78 is 1.17. The highest BCUT2D eigenvalue weighted by Gasteiger charge is 2.12. The third-order valence-corrected chi connectivity index (χ3v) is 5.95. The van der Waals surface area contributed by atoms with E-state index in [0.29, 0.717) is 0 Å². The summed E-state index contributed by atoms with van der Waals surface area (Å²) in [5.41, 5.74) is 4.05. The SMILES string of the molecule is C(=N/Nc1nc2ccccc2s1)/c1ccc(N2CCCCC2)s1. The molecule has 6 heteroatoms. The molecule has 1 aliphatic heterocycles. The molecule has 4 nitrogen and oxygen atoms in total. The number of fused-ring (bicyclic) bond motifs is 1. The van der Waals surface area contributed by atoms with Gasteiger partial charge in [0.2, 0.25) is 5.13 Å². The molecule has 23 heavy (non-hydrogen) atoms. The smallest absolute Gasteiger partial charge is 0.204 e. The normalized spacial score (nSPS) is 15.6. The van der Waals surface area contributed by atoms with Crippen molar-refractivity contribution >= 4 is 49.2 Å². The van der Waals surface area contributed by atoms with Crippen molar-refractivity contribution < 1.29 is 0 Å². The van der Waals surface area contributed by atoms with Crippen molar-refractivity contribution in [3.63, 3.8) is 0 Å². The van der Waals surface area contributed by atoms with E-state index in [-0.39, 0.29) is 0 Å². The van der Waals surface area contributed by atoms with Gasteiger partial charge in [-0.25, -0.2) is 4.98 Å². The number of thiophene rings is 1. The number of para-hydroxylation sites is 1. The third kappa shape index (κ3) is 3.38. The fourth-order valence-corrected chi connectivity index (χ4v) is 4.51. The highest BCUT2D eigenvalue weighted by molar-refractivity contribution is 7.22. The predicted molar refractivity (Wildman–Crippen MR) is 101 cm³/mol. The van der Waals surface area contributed by atoms with Gasteiger partial charge in [0.05, 0.1) is 21.4 Å². The quantitative estimate of drug-likeness (QED) is 0.547. The van der Waals surface area contributed by atoms with Crippen LogP contribution in [0.1, 0.15) is 24.1 Å². The molecule has 2 aromatic heterocycles. The fourth-order valence-electron chi connectivity index (χ4n) is 2.77. The van der Waals surface area contributed by atoms with E-state index in [9.17, 15) is 0 Å². The highest BCUT2D eigenvalue weighted by atomic mass is 32.1. The second kappa shape index (κ2) is 6.68. The van der Waals surface area contributed by atoms with Gasteiger partial charge in [0.1, 0.15) is 0 Å². The third-order valence-electron chi connectivity index (χ3n) is 3.93. The molecule has 1 aliphatic rings. The molecule has 0 aliphatic carbocycles. The van der Waals surface area contributed by atoms with E-state index in [1.54, 1.807) is 22.7 Å². The lowest BCUT2D eigenvalue weighted by molar-refractivity contribution is 0.580. The summed E-state index contributed by atoms with van der Waals surface area (Å²) in [4.78, 5) is 8.16. The van der Waals surface area contributed by atoms with Crippen LogP contribution < -0.4 is 10.3 Å².